The van der Waals surface area contributed by atoms with Crippen LogP contribution in [0.15, 0.2) is 54.6 Å². The van der Waals surface area contributed by atoms with E-state index in [4.69, 9.17) is 4.98 Å². The van der Waals surface area contributed by atoms with Gasteiger partial charge in [0.05, 0.1) is 28.3 Å². The molecule has 0 bridgehead atoms. The van der Waals surface area contributed by atoms with Gasteiger partial charge in [-0.05, 0) is 25.5 Å². The first-order valence-corrected chi connectivity index (χ1v) is 10.7. The Kier molecular flexibility index (Phi) is 4.44. The molecule has 1 unspecified atom stereocenters. The van der Waals surface area contributed by atoms with Crippen LogP contribution in [0.5, 0.6) is 0 Å². The summed E-state index contributed by atoms with van der Waals surface area (Å²) in [5, 5.41) is 3.64. The van der Waals surface area contributed by atoms with Crippen molar-refractivity contribution in [2.45, 2.75) is 19.4 Å². The summed E-state index contributed by atoms with van der Waals surface area (Å²) in [6, 6.07) is 16.9. The van der Waals surface area contributed by atoms with Crippen molar-refractivity contribution in [2.75, 3.05) is 11.5 Å². The number of hydrogen-bond donors (Lipinski definition) is 1. The largest absolute Gasteiger partial charge is 0.348 e. The SMILES string of the molecule is Cc1ccc(-c2cc(C(=O)NC3CCS(=O)(=O)C3)c3ccccc3n2)cc1. The highest BCUT2D eigenvalue weighted by Gasteiger charge is 2.29. The highest BCUT2D eigenvalue weighted by Crippen LogP contribution is 2.25. The number of hydrogen-bond acceptors (Lipinski definition) is 4. The Hall–Kier alpha value is -2.73. The summed E-state index contributed by atoms with van der Waals surface area (Å²) >= 11 is 0. The fourth-order valence-corrected chi connectivity index (χ4v) is 5.08. The van der Waals surface area contributed by atoms with E-state index in [1.54, 1.807) is 6.07 Å². The van der Waals surface area contributed by atoms with Crippen LogP contribution in [0.4, 0.5) is 0 Å². The van der Waals surface area contributed by atoms with Crippen LogP contribution in [0.2, 0.25) is 0 Å². The molecule has 0 radical (unpaired) electrons. The molecule has 3 aromatic rings. The van der Waals surface area contributed by atoms with Gasteiger partial charge in [0.2, 0.25) is 0 Å². The summed E-state index contributed by atoms with van der Waals surface area (Å²) < 4.78 is 23.4. The molecular weight excluding hydrogens is 360 g/mol. The van der Waals surface area contributed by atoms with E-state index in [-0.39, 0.29) is 23.5 Å². The Bertz CT molecular complexity index is 1120. The second-order valence-corrected chi connectivity index (χ2v) is 9.24. The van der Waals surface area contributed by atoms with Crippen LogP contribution >= 0.6 is 0 Å². The van der Waals surface area contributed by atoms with Crippen molar-refractivity contribution in [1.82, 2.24) is 10.3 Å². The minimum absolute atomic E-state index is 0.00652. The van der Waals surface area contributed by atoms with E-state index < -0.39 is 9.84 Å². The van der Waals surface area contributed by atoms with Crippen molar-refractivity contribution in [3.05, 3.63) is 65.7 Å². The number of benzene rings is 2. The number of nitrogens with zero attached hydrogens (tertiary/aromatic N) is 1. The lowest BCUT2D eigenvalue weighted by atomic mass is 10.0. The molecule has 1 N–H and O–H groups in total. The number of sulfone groups is 1. The Morgan fingerprint density at radius 1 is 1.11 bits per heavy atom. The van der Waals surface area contributed by atoms with Gasteiger partial charge in [-0.25, -0.2) is 13.4 Å². The predicted octanol–water partition coefficient (Wildman–Crippen LogP) is 3.13. The Labute approximate surface area is 158 Å². The standard InChI is InChI=1S/C21H20N2O3S/c1-14-6-8-15(9-7-14)20-12-18(17-4-2-3-5-19(17)23-20)21(24)22-16-10-11-27(25,26)13-16/h2-9,12,16H,10-11,13H2,1H3,(H,22,24). The van der Waals surface area contributed by atoms with Crippen LogP contribution in [0, 0.1) is 6.92 Å². The van der Waals surface area contributed by atoms with Crippen molar-refractivity contribution in [2.24, 2.45) is 0 Å². The summed E-state index contributed by atoms with van der Waals surface area (Å²) in [5.41, 5.74) is 4.06. The van der Waals surface area contributed by atoms with Gasteiger partial charge in [-0.2, -0.15) is 0 Å². The second-order valence-electron chi connectivity index (χ2n) is 7.01. The lowest BCUT2D eigenvalue weighted by Gasteiger charge is -2.14. The second kappa shape index (κ2) is 6.78. The Morgan fingerprint density at radius 3 is 2.56 bits per heavy atom. The number of amides is 1. The number of carbonyl (C=O) groups is 1. The highest BCUT2D eigenvalue weighted by molar-refractivity contribution is 7.91. The molecule has 2 heterocycles. The molecule has 5 nitrogen and oxygen atoms in total. The molecule has 1 amide bonds. The number of aromatic nitrogens is 1. The number of aryl methyl sites for hydroxylation is 1. The van der Waals surface area contributed by atoms with Crippen LogP contribution in [0.25, 0.3) is 22.2 Å². The van der Waals surface area contributed by atoms with Crippen molar-refractivity contribution in [1.29, 1.82) is 0 Å². The molecule has 6 heteroatoms. The van der Waals surface area contributed by atoms with Gasteiger partial charge >= 0.3 is 0 Å². The molecule has 0 saturated carbocycles. The summed E-state index contributed by atoms with van der Waals surface area (Å²) in [5.74, 6) is -0.125. The minimum atomic E-state index is -3.05. The number of rotatable bonds is 3. The van der Waals surface area contributed by atoms with E-state index in [0.29, 0.717) is 12.0 Å². The van der Waals surface area contributed by atoms with Gasteiger partial charge in [0.25, 0.3) is 5.91 Å². The molecule has 4 rings (SSSR count). The van der Waals surface area contributed by atoms with Gasteiger partial charge in [-0.3, -0.25) is 4.79 Å². The zero-order valence-electron chi connectivity index (χ0n) is 15.0. The number of pyridine rings is 1. The highest BCUT2D eigenvalue weighted by atomic mass is 32.2. The van der Waals surface area contributed by atoms with Crippen LogP contribution in [-0.4, -0.2) is 36.9 Å². The molecule has 1 aromatic heterocycles. The van der Waals surface area contributed by atoms with E-state index >= 15 is 0 Å². The predicted molar refractivity (Wildman–Crippen MR) is 106 cm³/mol. The fraction of sp³-hybridized carbons (Fsp3) is 0.238. The molecule has 138 valence electrons. The first-order valence-electron chi connectivity index (χ1n) is 8.89. The minimum Gasteiger partial charge on any atom is -0.348 e. The number of fused-ring (bicyclic) bond motifs is 1. The zero-order valence-corrected chi connectivity index (χ0v) is 15.8. The zero-order chi connectivity index (χ0) is 19.0. The molecular formula is C21H20N2O3S. The van der Waals surface area contributed by atoms with Gasteiger partial charge in [0, 0.05) is 17.0 Å². The normalized spacial score (nSPS) is 18.5. The van der Waals surface area contributed by atoms with Crippen LogP contribution in [-0.2, 0) is 9.84 Å². The molecule has 2 aromatic carbocycles. The van der Waals surface area contributed by atoms with E-state index in [2.05, 4.69) is 5.32 Å². The third-order valence-electron chi connectivity index (χ3n) is 4.88. The first kappa shape index (κ1) is 17.7. The monoisotopic (exact) mass is 380 g/mol. The van der Waals surface area contributed by atoms with Gasteiger partial charge in [0.15, 0.2) is 9.84 Å². The van der Waals surface area contributed by atoms with Crippen LogP contribution in [0.1, 0.15) is 22.3 Å². The average Bonchev–Trinajstić information content (AvgIpc) is 2.99. The van der Waals surface area contributed by atoms with E-state index in [0.717, 1.165) is 27.7 Å². The first-order chi connectivity index (χ1) is 12.9. The molecule has 1 saturated heterocycles. The maximum atomic E-state index is 12.9. The molecule has 0 aliphatic carbocycles. The van der Waals surface area contributed by atoms with Crippen LogP contribution in [0.3, 0.4) is 0 Å². The smallest absolute Gasteiger partial charge is 0.252 e. The summed E-state index contributed by atoms with van der Waals surface area (Å²) in [6.45, 7) is 2.02. The molecule has 27 heavy (non-hydrogen) atoms. The summed E-state index contributed by atoms with van der Waals surface area (Å²) in [4.78, 5) is 17.6. The van der Waals surface area contributed by atoms with Gasteiger partial charge in [-0.1, -0.05) is 48.0 Å². The Morgan fingerprint density at radius 2 is 1.85 bits per heavy atom. The van der Waals surface area contributed by atoms with Gasteiger partial charge in [0.1, 0.15) is 0 Å². The molecule has 1 atom stereocenters. The third kappa shape index (κ3) is 3.71. The van der Waals surface area contributed by atoms with E-state index in [1.807, 2.05) is 55.5 Å². The Balaban J connectivity index is 1.74. The summed E-state index contributed by atoms with van der Waals surface area (Å²) in [6.07, 6.45) is 0.460. The fourth-order valence-electron chi connectivity index (χ4n) is 3.41. The van der Waals surface area contributed by atoms with E-state index in [9.17, 15) is 13.2 Å². The summed E-state index contributed by atoms with van der Waals surface area (Å²) in [7, 11) is -3.05. The lowest BCUT2D eigenvalue weighted by Crippen LogP contribution is -2.35. The average molecular weight is 380 g/mol. The van der Waals surface area contributed by atoms with Crippen LogP contribution < -0.4 is 5.32 Å². The number of carbonyl (C=O) groups excluding carboxylic acids is 1. The molecule has 0 spiro atoms. The van der Waals surface area contributed by atoms with Gasteiger partial charge in [-0.15, -0.1) is 0 Å². The van der Waals surface area contributed by atoms with E-state index in [1.165, 1.54) is 0 Å². The molecule has 1 aliphatic rings. The lowest BCUT2D eigenvalue weighted by molar-refractivity contribution is 0.0943. The van der Waals surface area contributed by atoms with Crippen molar-refractivity contribution in [3.63, 3.8) is 0 Å². The van der Waals surface area contributed by atoms with Crippen molar-refractivity contribution >= 4 is 26.6 Å². The van der Waals surface area contributed by atoms with Crippen molar-refractivity contribution < 1.29 is 13.2 Å². The number of nitrogens with one attached hydrogen (secondary N) is 1. The molecule has 1 aliphatic heterocycles. The van der Waals surface area contributed by atoms with Crippen molar-refractivity contribution in [3.8, 4) is 11.3 Å². The van der Waals surface area contributed by atoms with Gasteiger partial charge < -0.3 is 5.32 Å². The topological polar surface area (TPSA) is 76.1 Å². The maximum Gasteiger partial charge on any atom is 0.252 e. The quantitative estimate of drug-likeness (QED) is 0.757. The molecule has 1 fully saturated rings. The third-order valence-corrected chi connectivity index (χ3v) is 6.64. The maximum absolute atomic E-state index is 12.9. The number of para-hydroxylation sites is 1.